The Balaban J connectivity index is 1.43. The van der Waals surface area contributed by atoms with E-state index >= 15 is 0 Å². The number of piperidine rings is 1. The van der Waals surface area contributed by atoms with Crippen molar-refractivity contribution in [3.8, 4) is 0 Å². The van der Waals surface area contributed by atoms with Crippen LogP contribution in [0.15, 0.2) is 24.7 Å². The monoisotopic (exact) mass is 283 g/mol. The van der Waals surface area contributed by atoms with Crippen LogP contribution in [0.25, 0.3) is 0 Å². The molecule has 2 fully saturated rings. The third kappa shape index (κ3) is 2.64. The van der Waals surface area contributed by atoms with Gasteiger partial charge in [0.05, 0.1) is 6.20 Å². The van der Waals surface area contributed by atoms with Gasteiger partial charge in [-0.25, -0.2) is 9.97 Å². The van der Waals surface area contributed by atoms with E-state index in [1.54, 1.807) is 0 Å². The summed E-state index contributed by atoms with van der Waals surface area (Å²) < 4.78 is 1.90. The van der Waals surface area contributed by atoms with Gasteiger partial charge in [-0.15, -0.1) is 0 Å². The summed E-state index contributed by atoms with van der Waals surface area (Å²) in [7, 11) is 1.99. The van der Waals surface area contributed by atoms with Gasteiger partial charge in [0, 0.05) is 38.4 Å². The van der Waals surface area contributed by atoms with Gasteiger partial charge in [0.15, 0.2) is 0 Å². The van der Waals surface area contributed by atoms with Crippen LogP contribution < -0.4 is 4.90 Å². The molecule has 2 aromatic heterocycles. The Labute approximate surface area is 125 Å². The molecule has 0 radical (unpaired) electrons. The Morgan fingerprint density at radius 2 is 1.90 bits per heavy atom. The van der Waals surface area contributed by atoms with Gasteiger partial charge in [-0.3, -0.25) is 4.68 Å². The molecule has 0 atom stereocenters. The van der Waals surface area contributed by atoms with Crippen LogP contribution in [0.4, 0.5) is 5.82 Å². The Morgan fingerprint density at radius 3 is 2.57 bits per heavy atom. The summed E-state index contributed by atoms with van der Waals surface area (Å²) in [6, 6.07) is 2.05. The van der Waals surface area contributed by atoms with Crippen molar-refractivity contribution in [3.63, 3.8) is 0 Å². The van der Waals surface area contributed by atoms with Crippen molar-refractivity contribution < 1.29 is 0 Å². The summed E-state index contributed by atoms with van der Waals surface area (Å²) >= 11 is 0. The number of hydrogen-bond donors (Lipinski definition) is 0. The lowest BCUT2D eigenvalue weighted by Crippen LogP contribution is -2.33. The molecule has 1 saturated carbocycles. The number of aromatic nitrogens is 4. The third-order valence-electron chi connectivity index (χ3n) is 4.62. The first-order chi connectivity index (χ1) is 10.3. The standard InChI is InChI=1S/C16H21N5/c1-20-11-14(10-18-20)12-5-8-21(9-6-12)15-4-7-17-16(19-15)13-2-3-13/h4,7,10-13H,2-3,5-6,8-9H2,1H3. The van der Waals surface area contributed by atoms with E-state index in [0.29, 0.717) is 11.8 Å². The first kappa shape index (κ1) is 12.8. The molecule has 1 aliphatic heterocycles. The molecule has 0 amide bonds. The minimum absolute atomic E-state index is 0.623. The van der Waals surface area contributed by atoms with E-state index < -0.39 is 0 Å². The average Bonchev–Trinajstić information content (AvgIpc) is 3.29. The van der Waals surface area contributed by atoms with E-state index in [0.717, 1.165) is 24.7 Å². The highest BCUT2D eigenvalue weighted by molar-refractivity contribution is 5.39. The fraction of sp³-hybridized carbons (Fsp3) is 0.562. The molecule has 0 N–H and O–H groups in total. The maximum atomic E-state index is 4.76. The molecule has 4 rings (SSSR count). The average molecular weight is 283 g/mol. The largest absolute Gasteiger partial charge is 0.356 e. The summed E-state index contributed by atoms with van der Waals surface area (Å²) in [5.41, 5.74) is 1.37. The van der Waals surface area contributed by atoms with Gasteiger partial charge in [0.1, 0.15) is 11.6 Å². The van der Waals surface area contributed by atoms with E-state index in [9.17, 15) is 0 Å². The quantitative estimate of drug-likeness (QED) is 0.868. The van der Waals surface area contributed by atoms with Crippen LogP contribution in [0.2, 0.25) is 0 Å². The summed E-state index contributed by atoms with van der Waals surface area (Å²) in [6.07, 6.45) is 10.9. The van der Waals surface area contributed by atoms with Gasteiger partial charge in [-0.1, -0.05) is 0 Å². The Hall–Kier alpha value is -1.91. The predicted octanol–water partition coefficient (Wildman–Crippen LogP) is 2.47. The first-order valence-electron chi connectivity index (χ1n) is 7.86. The maximum absolute atomic E-state index is 4.76. The SMILES string of the molecule is Cn1cc(C2CCN(c3ccnc(C4CC4)n3)CC2)cn1. The van der Waals surface area contributed by atoms with Gasteiger partial charge in [-0.05, 0) is 43.2 Å². The fourth-order valence-corrected chi connectivity index (χ4v) is 3.17. The summed E-state index contributed by atoms with van der Waals surface area (Å²) in [5.74, 6) is 3.41. The predicted molar refractivity (Wildman–Crippen MR) is 81.4 cm³/mol. The molecular formula is C16H21N5. The molecule has 0 unspecified atom stereocenters. The number of rotatable bonds is 3. The van der Waals surface area contributed by atoms with Crippen molar-refractivity contribution in [1.82, 2.24) is 19.7 Å². The molecule has 3 heterocycles. The highest BCUT2D eigenvalue weighted by atomic mass is 15.2. The number of anilines is 1. The van der Waals surface area contributed by atoms with E-state index in [1.807, 2.05) is 24.1 Å². The van der Waals surface area contributed by atoms with Crippen LogP contribution in [-0.2, 0) is 7.05 Å². The highest BCUT2D eigenvalue weighted by Crippen LogP contribution is 2.38. The molecule has 2 aromatic rings. The fourth-order valence-electron chi connectivity index (χ4n) is 3.17. The lowest BCUT2D eigenvalue weighted by molar-refractivity contribution is 0.501. The van der Waals surface area contributed by atoms with Crippen molar-refractivity contribution in [3.05, 3.63) is 36.0 Å². The lowest BCUT2D eigenvalue weighted by Gasteiger charge is -2.32. The Morgan fingerprint density at radius 1 is 1.10 bits per heavy atom. The molecule has 110 valence electrons. The zero-order valence-corrected chi connectivity index (χ0v) is 12.4. The van der Waals surface area contributed by atoms with Crippen LogP contribution in [0, 0.1) is 0 Å². The van der Waals surface area contributed by atoms with E-state index in [4.69, 9.17) is 4.98 Å². The second-order valence-corrected chi connectivity index (χ2v) is 6.26. The molecule has 1 saturated heterocycles. The molecule has 0 spiro atoms. The van der Waals surface area contributed by atoms with E-state index in [2.05, 4.69) is 27.2 Å². The molecule has 0 aromatic carbocycles. The minimum Gasteiger partial charge on any atom is -0.356 e. The summed E-state index contributed by atoms with van der Waals surface area (Å²) in [6.45, 7) is 2.14. The maximum Gasteiger partial charge on any atom is 0.133 e. The molecule has 1 aliphatic carbocycles. The third-order valence-corrected chi connectivity index (χ3v) is 4.62. The second-order valence-electron chi connectivity index (χ2n) is 6.26. The van der Waals surface area contributed by atoms with E-state index in [-0.39, 0.29) is 0 Å². The van der Waals surface area contributed by atoms with Crippen LogP contribution in [0.1, 0.15) is 48.9 Å². The van der Waals surface area contributed by atoms with Crippen LogP contribution >= 0.6 is 0 Å². The smallest absolute Gasteiger partial charge is 0.133 e. The van der Waals surface area contributed by atoms with Crippen molar-refractivity contribution in [1.29, 1.82) is 0 Å². The van der Waals surface area contributed by atoms with Crippen molar-refractivity contribution in [2.75, 3.05) is 18.0 Å². The van der Waals surface area contributed by atoms with Crippen LogP contribution in [0.3, 0.4) is 0 Å². The summed E-state index contributed by atoms with van der Waals surface area (Å²) in [4.78, 5) is 11.6. The van der Waals surface area contributed by atoms with E-state index in [1.165, 1.54) is 31.2 Å². The van der Waals surface area contributed by atoms with Gasteiger partial charge >= 0.3 is 0 Å². The normalized spacial score (nSPS) is 20.0. The molecule has 5 nitrogen and oxygen atoms in total. The molecule has 2 aliphatic rings. The molecule has 21 heavy (non-hydrogen) atoms. The lowest BCUT2D eigenvalue weighted by atomic mass is 9.91. The second kappa shape index (κ2) is 5.13. The van der Waals surface area contributed by atoms with Gasteiger partial charge in [0.2, 0.25) is 0 Å². The zero-order chi connectivity index (χ0) is 14.2. The molecule has 5 heteroatoms. The number of aryl methyl sites for hydroxylation is 1. The van der Waals surface area contributed by atoms with Crippen molar-refractivity contribution >= 4 is 5.82 Å². The highest BCUT2D eigenvalue weighted by Gasteiger charge is 2.28. The summed E-state index contributed by atoms with van der Waals surface area (Å²) in [5, 5.41) is 4.29. The van der Waals surface area contributed by atoms with Gasteiger partial charge in [-0.2, -0.15) is 5.10 Å². The minimum atomic E-state index is 0.623. The first-order valence-corrected chi connectivity index (χ1v) is 7.86. The molecular weight excluding hydrogens is 262 g/mol. The van der Waals surface area contributed by atoms with Crippen LogP contribution in [-0.4, -0.2) is 32.8 Å². The Bertz CT molecular complexity index is 623. The van der Waals surface area contributed by atoms with Crippen molar-refractivity contribution in [2.24, 2.45) is 7.05 Å². The van der Waals surface area contributed by atoms with Gasteiger partial charge < -0.3 is 4.90 Å². The van der Waals surface area contributed by atoms with Crippen LogP contribution in [0.5, 0.6) is 0 Å². The van der Waals surface area contributed by atoms with Gasteiger partial charge in [0.25, 0.3) is 0 Å². The zero-order valence-electron chi connectivity index (χ0n) is 12.4. The Kier molecular flexibility index (Phi) is 3.13. The molecule has 0 bridgehead atoms. The number of hydrogen-bond acceptors (Lipinski definition) is 4. The number of nitrogens with zero attached hydrogens (tertiary/aromatic N) is 5. The van der Waals surface area contributed by atoms with Crippen molar-refractivity contribution in [2.45, 2.75) is 37.5 Å². The topological polar surface area (TPSA) is 46.8 Å².